The maximum absolute atomic E-state index is 5.66. The van der Waals surface area contributed by atoms with Crippen LogP contribution in [-0.4, -0.2) is 30.1 Å². The number of para-hydroxylation sites is 3. The lowest BCUT2D eigenvalue weighted by Gasteiger charge is -2.27. The molecule has 72 heavy (non-hydrogen) atoms. The summed E-state index contributed by atoms with van der Waals surface area (Å²) in [6.07, 6.45) is 8.46. The van der Waals surface area contributed by atoms with Crippen molar-refractivity contribution in [2.75, 3.05) is 0 Å². The lowest BCUT2D eigenvalue weighted by molar-refractivity contribution is 0.509. The number of hydrogen-bond acceptors (Lipinski definition) is 3. The number of allylic oxidation sites excluding steroid dienone is 4. The van der Waals surface area contributed by atoms with Gasteiger partial charge in [-0.1, -0.05) is 182 Å². The van der Waals surface area contributed by atoms with Crippen LogP contribution in [0.15, 0.2) is 234 Å². The van der Waals surface area contributed by atoms with Gasteiger partial charge in [-0.3, -0.25) is 4.57 Å². The van der Waals surface area contributed by atoms with Gasteiger partial charge in [-0.25, -0.2) is 4.99 Å². The molecule has 0 saturated heterocycles. The van der Waals surface area contributed by atoms with Gasteiger partial charge in [0.25, 0.3) is 0 Å². The van der Waals surface area contributed by atoms with E-state index < -0.39 is 6.29 Å². The smallest absolute Gasteiger partial charge is 0.213 e. The third kappa shape index (κ3) is 5.44. The summed E-state index contributed by atoms with van der Waals surface area (Å²) in [5, 5.41) is 18.3. The van der Waals surface area contributed by atoms with Gasteiger partial charge < -0.3 is 19.0 Å². The highest BCUT2D eigenvalue weighted by atomic mass is 15.4. The van der Waals surface area contributed by atoms with Crippen LogP contribution in [0.25, 0.3) is 120 Å². The normalized spacial score (nSPS) is 15.3. The third-order valence-electron chi connectivity index (χ3n) is 15.4. The monoisotopic (exact) mass is 921 g/mol. The van der Waals surface area contributed by atoms with Gasteiger partial charge in [0.15, 0.2) is 5.84 Å². The zero-order valence-corrected chi connectivity index (χ0v) is 39.0. The molecular formula is C65H43N7. The van der Waals surface area contributed by atoms with E-state index in [1.165, 1.54) is 65.3 Å². The molecule has 1 atom stereocenters. The lowest BCUT2D eigenvalue weighted by atomic mass is 10.0. The third-order valence-corrected chi connectivity index (χ3v) is 15.4. The van der Waals surface area contributed by atoms with Gasteiger partial charge in [-0.15, -0.1) is 0 Å². The minimum absolute atomic E-state index is 0.588. The summed E-state index contributed by atoms with van der Waals surface area (Å²) in [5.41, 5.74) is 12.4. The first-order valence-corrected chi connectivity index (χ1v) is 24.9. The molecule has 1 N–H and O–H groups in total. The van der Waals surface area contributed by atoms with Crippen molar-refractivity contribution < 1.29 is 0 Å². The molecule has 0 amide bonds. The first-order chi connectivity index (χ1) is 35.8. The summed E-state index contributed by atoms with van der Waals surface area (Å²) in [5.74, 6) is 1.37. The molecule has 338 valence electrons. The molecule has 0 radical (unpaired) electrons. The molecule has 0 fully saturated rings. The molecule has 1 unspecified atom stereocenters. The molecule has 14 aromatic rings. The standard InChI is InChI=1S/C65H43N7/c1-4-20-42(21-5-1)63-66-64(71-54-31-17-15-29-51(54)57-56(71)39-36-48-47-28-14-16-30-53(47)69(61(48)57)43-22-6-2-7-23-43)68-65(67-63)72-59-45-26-12-10-18-40(45)32-34-49(59)50-37-38-55-58(62(50)72)52-35-33-41-19-11-13-27-46(41)60(52)70(55)44-24-8-3-9-25-44/h1,3-6,8-39,64H,2,7H2,(H,66,67,68). The Morgan fingerprint density at radius 3 is 1.72 bits per heavy atom. The summed E-state index contributed by atoms with van der Waals surface area (Å²) in [6, 6.07) is 74.9. The molecule has 5 heterocycles. The Bertz CT molecular complexity index is 4770. The van der Waals surface area contributed by atoms with E-state index in [2.05, 4.69) is 248 Å². The second-order valence-electron chi connectivity index (χ2n) is 19.2. The Kier molecular flexibility index (Phi) is 8.22. The summed E-state index contributed by atoms with van der Waals surface area (Å²) in [6.45, 7) is 0. The van der Waals surface area contributed by atoms with Crippen LogP contribution in [-0.2, 0) is 0 Å². The Hall–Kier alpha value is -9.46. The molecule has 1 aliphatic heterocycles. The quantitative estimate of drug-likeness (QED) is 0.188. The number of aliphatic imine (C=N–C) groups is 2. The Balaban J connectivity index is 1.03. The van der Waals surface area contributed by atoms with Crippen LogP contribution in [0, 0.1) is 0 Å². The van der Waals surface area contributed by atoms with E-state index in [0.717, 1.165) is 73.2 Å². The minimum atomic E-state index is -0.588. The fourth-order valence-corrected chi connectivity index (χ4v) is 12.4. The molecule has 0 saturated carbocycles. The predicted octanol–water partition coefficient (Wildman–Crippen LogP) is 16.0. The van der Waals surface area contributed by atoms with Crippen molar-refractivity contribution in [2.24, 2.45) is 9.98 Å². The topological polar surface area (TPSA) is 56.5 Å². The minimum Gasteiger partial charge on any atom is -0.316 e. The molecule has 1 aliphatic carbocycles. The average molecular weight is 922 g/mol. The predicted molar refractivity (Wildman–Crippen MR) is 302 cm³/mol. The summed E-state index contributed by atoms with van der Waals surface area (Å²) in [4.78, 5) is 11.3. The Morgan fingerprint density at radius 2 is 0.972 bits per heavy atom. The summed E-state index contributed by atoms with van der Waals surface area (Å²) >= 11 is 0. The number of nitrogens with one attached hydrogen (secondary N) is 1. The van der Waals surface area contributed by atoms with Crippen molar-refractivity contribution in [3.63, 3.8) is 0 Å². The number of amidine groups is 1. The maximum atomic E-state index is 5.66. The van der Waals surface area contributed by atoms with E-state index in [1.54, 1.807) is 0 Å². The SMILES string of the molecule is C1=CC(n2c3ccccc3c3ccc4c(c5ccccc5n4C4N=C(c5ccccc5)N=C(n5c6c7ccccc7ccc6c6ccc7c(c8ccc9ccccc9c8n7-c7ccccc7)c65)N4)c32)=CCC1. The highest BCUT2D eigenvalue weighted by Gasteiger charge is 2.30. The maximum Gasteiger partial charge on any atom is 0.213 e. The molecule has 2 aliphatic rings. The average Bonchev–Trinajstić information content (AvgIpc) is 4.19. The van der Waals surface area contributed by atoms with Crippen LogP contribution in [0.1, 0.15) is 24.7 Å². The zero-order valence-electron chi connectivity index (χ0n) is 39.0. The molecule has 7 heteroatoms. The van der Waals surface area contributed by atoms with Gasteiger partial charge >= 0.3 is 0 Å². The van der Waals surface area contributed by atoms with E-state index in [9.17, 15) is 0 Å². The van der Waals surface area contributed by atoms with Crippen LogP contribution < -0.4 is 5.32 Å². The number of benzene rings is 10. The van der Waals surface area contributed by atoms with Gasteiger partial charge in [-0.05, 0) is 66.1 Å². The molecular weight excluding hydrogens is 879 g/mol. The number of hydrogen-bond donors (Lipinski definition) is 1. The number of fused-ring (bicyclic) bond motifs is 18. The van der Waals surface area contributed by atoms with Crippen LogP contribution in [0.5, 0.6) is 0 Å². The zero-order chi connectivity index (χ0) is 47.0. The highest BCUT2D eigenvalue weighted by Crippen LogP contribution is 2.46. The molecule has 0 bridgehead atoms. The first-order valence-electron chi connectivity index (χ1n) is 24.9. The molecule has 7 nitrogen and oxygen atoms in total. The summed E-state index contributed by atoms with van der Waals surface area (Å²) in [7, 11) is 0. The fourth-order valence-electron chi connectivity index (χ4n) is 12.4. The highest BCUT2D eigenvalue weighted by molar-refractivity contribution is 6.33. The second kappa shape index (κ2) is 15.0. The van der Waals surface area contributed by atoms with Crippen LogP contribution >= 0.6 is 0 Å². The van der Waals surface area contributed by atoms with E-state index >= 15 is 0 Å². The van der Waals surface area contributed by atoms with Gasteiger partial charge in [0, 0.05) is 70.8 Å². The number of nitrogens with zero attached hydrogens (tertiary/aromatic N) is 6. The lowest BCUT2D eigenvalue weighted by Crippen LogP contribution is -2.40. The Morgan fingerprint density at radius 1 is 0.403 bits per heavy atom. The van der Waals surface area contributed by atoms with E-state index in [-0.39, 0.29) is 0 Å². The number of aromatic nitrogens is 4. The van der Waals surface area contributed by atoms with Crippen molar-refractivity contribution in [3.05, 3.63) is 230 Å². The van der Waals surface area contributed by atoms with Crippen molar-refractivity contribution in [3.8, 4) is 5.69 Å². The van der Waals surface area contributed by atoms with Crippen LogP contribution in [0.3, 0.4) is 0 Å². The largest absolute Gasteiger partial charge is 0.316 e. The first kappa shape index (κ1) is 39.4. The second-order valence-corrected chi connectivity index (χ2v) is 19.2. The molecule has 10 aromatic carbocycles. The van der Waals surface area contributed by atoms with Gasteiger partial charge in [-0.2, -0.15) is 4.99 Å². The van der Waals surface area contributed by atoms with E-state index in [1.807, 2.05) is 0 Å². The van der Waals surface area contributed by atoms with E-state index in [4.69, 9.17) is 9.98 Å². The van der Waals surface area contributed by atoms with Crippen molar-refractivity contribution >= 4 is 126 Å². The van der Waals surface area contributed by atoms with Crippen LogP contribution in [0.4, 0.5) is 0 Å². The van der Waals surface area contributed by atoms with Crippen LogP contribution in [0.2, 0.25) is 0 Å². The molecule has 16 rings (SSSR count). The van der Waals surface area contributed by atoms with Crippen molar-refractivity contribution in [1.29, 1.82) is 0 Å². The fraction of sp³-hybridized carbons (Fsp3) is 0.0462. The van der Waals surface area contributed by atoms with Crippen molar-refractivity contribution in [2.45, 2.75) is 19.1 Å². The van der Waals surface area contributed by atoms with Crippen molar-refractivity contribution in [1.82, 2.24) is 23.6 Å². The molecule has 0 spiro atoms. The van der Waals surface area contributed by atoms with Gasteiger partial charge in [0.2, 0.25) is 12.2 Å². The number of rotatable bonds is 4. The van der Waals surface area contributed by atoms with Gasteiger partial charge in [0.1, 0.15) is 0 Å². The molecule has 4 aromatic heterocycles. The Labute approximate surface area is 412 Å². The van der Waals surface area contributed by atoms with Gasteiger partial charge in [0.05, 0.1) is 44.1 Å². The van der Waals surface area contributed by atoms with E-state index in [0.29, 0.717) is 11.8 Å². The summed E-state index contributed by atoms with van der Waals surface area (Å²) < 4.78 is 9.78.